The van der Waals surface area contributed by atoms with Gasteiger partial charge in [-0.3, -0.25) is 20.3 Å². The molecule has 0 radical (unpaired) electrons. The van der Waals surface area contributed by atoms with Crippen LogP contribution in [0.15, 0.2) is 28.5 Å². The van der Waals surface area contributed by atoms with Gasteiger partial charge in [-0.05, 0) is 0 Å². The van der Waals surface area contributed by atoms with Crippen molar-refractivity contribution in [3.8, 4) is 0 Å². The number of thiol groups is 1. The summed E-state index contributed by atoms with van der Waals surface area (Å²) < 4.78 is 20.6. The van der Waals surface area contributed by atoms with Crippen molar-refractivity contribution in [1.29, 1.82) is 0 Å². The van der Waals surface area contributed by atoms with E-state index in [0.29, 0.717) is 0 Å². The molecule has 1 saturated heterocycles. The molecule has 0 spiro atoms. The maximum absolute atomic E-state index is 11.9. The first-order valence-electron chi connectivity index (χ1n) is 6.41. The lowest BCUT2D eigenvalue weighted by molar-refractivity contribution is -0.119. The van der Waals surface area contributed by atoms with E-state index in [9.17, 15) is 9.36 Å². The zero-order valence-corrected chi connectivity index (χ0v) is 14.3. The number of thiocarbonyl (C=S) groups is 1. The molecular weight excluding hydrogens is 381 g/mol. The molecule has 0 bridgehead atoms. The first kappa shape index (κ1) is 17.2. The van der Waals surface area contributed by atoms with Crippen LogP contribution in [0.25, 0.3) is 0 Å². The standard InChI is InChI=1S/C10H12N5O6PS2/c11-10-14-7-4(8(16)15-10)12-3-6(24)5(23)2(21-9(3)13-7)1-20-22(17,18)19/h1,5,9-10,13-14,23H,11H2,(H,15,16)(H2,17,18,19)/b2-1-/t5?,9-,10?/m1/s1. The van der Waals surface area contributed by atoms with E-state index < -0.39 is 31.5 Å². The summed E-state index contributed by atoms with van der Waals surface area (Å²) in [6, 6.07) is 0. The second-order valence-electron chi connectivity index (χ2n) is 4.84. The number of fused-ring (bicyclic) bond motifs is 1. The second-order valence-corrected chi connectivity index (χ2v) is 6.99. The summed E-state index contributed by atoms with van der Waals surface area (Å²) in [5.41, 5.74) is 5.93. The van der Waals surface area contributed by atoms with Crippen LogP contribution in [0, 0.1) is 0 Å². The van der Waals surface area contributed by atoms with E-state index in [1.807, 2.05) is 0 Å². The minimum absolute atomic E-state index is 0.0169. The number of nitrogens with two attached hydrogens (primary N) is 1. The molecule has 3 rings (SSSR count). The van der Waals surface area contributed by atoms with Crippen molar-refractivity contribution in [1.82, 2.24) is 16.0 Å². The van der Waals surface area contributed by atoms with Gasteiger partial charge in [0, 0.05) is 0 Å². The van der Waals surface area contributed by atoms with Crippen molar-refractivity contribution in [2.24, 2.45) is 10.7 Å². The number of carbonyl (C=O) groups excluding carboxylic acids is 1. The Morgan fingerprint density at radius 3 is 2.79 bits per heavy atom. The van der Waals surface area contributed by atoms with E-state index >= 15 is 0 Å². The van der Waals surface area contributed by atoms with Crippen molar-refractivity contribution in [3.05, 3.63) is 23.5 Å². The Labute approximate surface area is 146 Å². The summed E-state index contributed by atoms with van der Waals surface area (Å²) >= 11 is 9.47. The summed E-state index contributed by atoms with van der Waals surface area (Å²) in [6.07, 6.45) is -0.946. The summed E-state index contributed by atoms with van der Waals surface area (Å²) in [4.78, 5) is 33.8. The van der Waals surface area contributed by atoms with Gasteiger partial charge in [-0.15, -0.1) is 0 Å². The van der Waals surface area contributed by atoms with E-state index in [-0.39, 0.29) is 27.9 Å². The number of amides is 1. The number of nitrogens with one attached hydrogen (secondary N) is 3. The molecule has 130 valence electrons. The molecule has 1 fully saturated rings. The molecule has 0 aromatic rings. The highest BCUT2D eigenvalue weighted by Crippen LogP contribution is 2.38. The molecule has 3 aliphatic rings. The third-order valence-electron chi connectivity index (χ3n) is 3.12. The molecule has 3 aliphatic heterocycles. The molecule has 3 atom stereocenters. The molecule has 0 saturated carbocycles. The van der Waals surface area contributed by atoms with Crippen LogP contribution < -0.4 is 21.7 Å². The highest BCUT2D eigenvalue weighted by atomic mass is 32.1. The predicted molar refractivity (Wildman–Crippen MR) is 88.3 cm³/mol. The van der Waals surface area contributed by atoms with Gasteiger partial charge in [0.2, 0.25) is 6.23 Å². The number of rotatable bonds is 2. The molecule has 14 heteroatoms. The molecule has 0 aromatic carbocycles. The molecule has 2 unspecified atom stereocenters. The number of carbonyl (C=O) groups is 1. The van der Waals surface area contributed by atoms with Gasteiger partial charge in [0.25, 0.3) is 5.91 Å². The number of hydrogen-bond acceptors (Lipinski definition) is 10. The highest BCUT2D eigenvalue weighted by Gasteiger charge is 2.41. The highest BCUT2D eigenvalue weighted by molar-refractivity contribution is 7.88. The van der Waals surface area contributed by atoms with Gasteiger partial charge in [-0.2, -0.15) is 12.6 Å². The lowest BCUT2D eigenvalue weighted by atomic mass is 10.1. The fraction of sp³-hybridized carbons (Fsp3) is 0.300. The Balaban J connectivity index is 1.90. The van der Waals surface area contributed by atoms with E-state index in [1.54, 1.807) is 0 Å². The van der Waals surface area contributed by atoms with Gasteiger partial charge in [-0.1, -0.05) is 12.2 Å². The van der Waals surface area contributed by atoms with Crippen molar-refractivity contribution in [2.75, 3.05) is 0 Å². The van der Waals surface area contributed by atoms with Crippen molar-refractivity contribution in [2.45, 2.75) is 17.8 Å². The lowest BCUT2D eigenvalue weighted by Crippen LogP contribution is -2.62. The molecule has 24 heavy (non-hydrogen) atoms. The Morgan fingerprint density at radius 1 is 1.42 bits per heavy atom. The number of ether oxygens (including phenoxy) is 1. The van der Waals surface area contributed by atoms with Gasteiger partial charge in [0.05, 0.1) is 10.1 Å². The van der Waals surface area contributed by atoms with E-state index in [2.05, 4.69) is 38.1 Å². The van der Waals surface area contributed by atoms with Gasteiger partial charge in [0.1, 0.15) is 17.8 Å². The summed E-state index contributed by atoms with van der Waals surface area (Å²) in [7, 11) is -4.73. The van der Waals surface area contributed by atoms with E-state index in [4.69, 9.17) is 32.5 Å². The first-order valence-corrected chi connectivity index (χ1v) is 8.86. The Hall–Kier alpha value is -1.63. The van der Waals surface area contributed by atoms with Crippen LogP contribution in [-0.2, 0) is 18.6 Å². The summed E-state index contributed by atoms with van der Waals surface area (Å²) in [5.74, 6) is -0.258. The zero-order valence-electron chi connectivity index (χ0n) is 11.7. The van der Waals surface area contributed by atoms with E-state index in [1.165, 1.54) is 0 Å². The predicted octanol–water partition coefficient (Wildman–Crippen LogP) is -1.86. The third-order valence-corrected chi connectivity index (χ3v) is 4.64. The van der Waals surface area contributed by atoms with Crippen molar-refractivity contribution >= 4 is 49.2 Å². The Kier molecular flexibility index (Phi) is 4.32. The van der Waals surface area contributed by atoms with Crippen LogP contribution in [0.5, 0.6) is 0 Å². The molecule has 1 amide bonds. The maximum Gasteiger partial charge on any atom is 0.524 e. The van der Waals surface area contributed by atoms with Gasteiger partial charge in [0.15, 0.2) is 17.7 Å². The molecule has 0 aliphatic carbocycles. The summed E-state index contributed by atoms with van der Waals surface area (Å²) in [6.45, 7) is 0. The second kappa shape index (κ2) is 6.02. The van der Waals surface area contributed by atoms with Crippen LogP contribution in [-0.4, -0.2) is 44.0 Å². The van der Waals surface area contributed by atoms with Crippen molar-refractivity contribution < 1.29 is 28.4 Å². The monoisotopic (exact) mass is 393 g/mol. The van der Waals surface area contributed by atoms with Gasteiger partial charge >= 0.3 is 7.82 Å². The molecular formula is C10H12N5O6PS2. The topological polar surface area (TPSA) is 168 Å². The Morgan fingerprint density at radius 2 is 2.12 bits per heavy atom. The number of phosphoric ester groups is 1. The van der Waals surface area contributed by atoms with Crippen LogP contribution in [0.1, 0.15) is 0 Å². The zero-order chi connectivity index (χ0) is 17.6. The van der Waals surface area contributed by atoms with Crippen molar-refractivity contribution in [3.63, 3.8) is 0 Å². The third kappa shape index (κ3) is 3.27. The molecule has 3 heterocycles. The van der Waals surface area contributed by atoms with Gasteiger partial charge < -0.3 is 25.2 Å². The lowest BCUT2D eigenvalue weighted by Gasteiger charge is -2.38. The quantitative estimate of drug-likeness (QED) is 0.122. The number of phosphoric acid groups is 1. The minimum Gasteiger partial charge on any atom is -0.464 e. The normalized spacial score (nSPS) is 31.1. The van der Waals surface area contributed by atoms with Crippen LogP contribution in [0.3, 0.4) is 0 Å². The Bertz CT molecular complexity index is 761. The van der Waals surface area contributed by atoms with Crippen LogP contribution in [0.2, 0.25) is 0 Å². The van der Waals surface area contributed by atoms with Crippen LogP contribution in [0.4, 0.5) is 0 Å². The maximum atomic E-state index is 11.9. The van der Waals surface area contributed by atoms with Gasteiger partial charge in [-0.25, -0.2) is 9.56 Å². The number of aliphatic imine (C=N–C) groups is 1. The molecule has 7 N–H and O–H groups in total. The summed E-state index contributed by atoms with van der Waals surface area (Å²) in [5, 5.41) is 7.25. The smallest absolute Gasteiger partial charge is 0.464 e. The number of hydrogen-bond donors (Lipinski definition) is 7. The average molecular weight is 393 g/mol. The average Bonchev–Trinajstić information content (AvgIpc) is 2.47. The number of nitrogens with zero attached hydrogens (tertiary/aromatic N) is 1. The first-order chi connectivity index (χ1) is 11.2. The molecule has 0 aromatic heterocycles. The fourth-order valence-corrected chi connectivity index (χ4v) is 2.89. The SMILES string of the molecule is NC1NC(=O)C2=C(N1)N[C@@H]1O/C(=C\OP(=O)(O)O)C(S)C(=S)C1=N2. The minimum atomic E-state index is -4.73. The van der Waals surface area contributed by atoms with Crippen LogP contribution >= 0.6 is 32.7 Å². The molecule has 11 nitrogen and oxygen atoms in total. The fourth-order valence-electron chi connectivity index (χ4n) is 2.13. The largest absolute Gasteiger partial charge is 0.524 e. The van der Waals surface area contributed by atoms with E-state index in [0.717, 1.165) is 6.26 Å².